The molecule has 0 aliphatic heterocycles. The van der Waals surface area contributed by atoms with E-state index >= 15 is 0 Å². The van der Waals surface area contributed by atoms with Crippen molar-refractivity contribution >= 4 is 8.32 Å². The molecule has 0 unspecified atom stereocenters. The summed E-state index contributed by atoms with van der Waals surface area (Å²) in [6.45, 7) is 12.0. The normalized spacial score (nSPS) is 14.3. The molecule has 24 heavy (non-hydrogen) atoms. The van der Waals surface area contributed by atoms with Gasteiger partial charge >= 0.3 is 0 Å². The van der Waals surface area contributed by atoms with Crippen molar-refractivity contribution < 1.29 is 14.6 Å². The average Bonchev–Trinajstić information content (AvgIpc) is 2.46. The van der Waals surface area contributed by atoms with E-state index in [0.29, 0.717) is 19.4 Å². The smallest absolute Gasteiger partial charge is 0.192 e. The van der Waals surface area contributed by atoms with Gasteiger partial charge in [0.1, 0.15) is 0 Å². The third-order valence-electron chi connectivity index (χ3n) is 4.79. The molecule has 0 heterocycles. The molecule has 1 rings (SSSR count). The lowest BCUT2D eigenvalue weighted by molar-refractivity contribution is 0.133. The molecular formula is C20H34O3Si. The van der Waals surface area contributed by atoms with Crippen LogP contribution in [-0.2, 0) is 17.3 Å². The first-order chi connectivity index (χ1) is 11.2. The quantitative estimate of drug-likeness (QED) is 0.521. The third-order valence-corrected chi connectivity index (χ3v) is 9.29. The molecule has 0 fully saturated rings. The van der Waals surface area contributed by atoms with Crippen LogP contribution in [0.3, 0.4) is 0 Å². The summed E-state index contributed by atoms with van der Waals surface area (Å²) in [7, 11) is -1.67. The molecule has 0 saturated heterocycles. The van der Waals surface area contributed by atoms with E-state index in [4.69, 9.17) is 9.53 Å². The largest absolute Gasteiger partial charge is 0.413 e. The lowest BCUT2D eigenvalue weighted by Crippen LogP contribution is -2.40. The number of aliphatic hydroxyl groups is 2. The van der Waals surface area contributed by atoms with Gasteiger partial charge in [0, 0.05) is 6.61 Å². The van der Waals surface area contributed by atoms with Crippen molar-refractivity contribution in [3.8, 4) is 0 Å². The van der Waals surface area contributed by atoms with Gasteiger partial charge in [-0.1, -0.05) is 57.2 Å². The van der Waals surface area contributed by atoms with E-state index in [0.717, 1.165) is 12.0 Å². The number of allylic oxidation sites excluding steroid dienone is 1. The highest BCUT2D eigenvalue weighted by atomic mass is 28.4. The number of hydrogen-bond acceptors (Lipinski definition) is 3. The van der Waals surface area contributed by atoms with Gasteiger partial charge in [0.2, 0.25) is 0 Å². The number of benzene rings is 1. The summed E-state index contributed by atoms with van der Waals surface area (Å²) in [6, 6.07) is 8.27. The lowest BCUT2D eigenvalue weighted by Gasteiger charge is -2.35. The van der Waals surface area contributed by atoms with Crippen molar-refractivity contribution in [1.29, 1.82) is 0 Å². The molecule has 1 aromatic carbocycles. The second-order valence-corrected chi connectivity index (χ2v) is 12.7. The van der Waals surface area contributed by atoms with Gasteiger partial charge in [-0.15, -0.1) is 0 Å². The van der Waals surface area contributed by atoms with E-state index in [-0.39, 0.29) is 11.6 Å². The molecule has 1 atom stereocenters. The standard InChI is InChI=1S/C20H34O3Si/c1-20(2,3)24(4,5)23-14-7-6-9-17-10-8-11-18(15-17)16-19(22)12-13-21/h6-8,10-11,15,19,21-22H,9,12-14,16H2,1-5H3/b7-6+/t19-/m0/s1. The number of rotatable bonds is 9. The van der Waals surface area contributed by atoms with Crippen molar-refractivity contribution in [2.45, 2.75) is 64.3 Å². The van der Waals surface area contributed by atoms with Crippen LogP contribution in [0.4, 0.5) is 0 Å². The number of aliphatic hydroxyl groups excluding tert-OH is 2. The molecule has 0 aromatic heterocycles. The Labute approximate surface area is 148 Å². The summed E-state index contributed by atoms with van der Waals surface area (Å²) >= 11 is 0. The van der Waals surface area contributed by atoms with Crippen LogP contribution in [0.1, 0.15) is 38.3 Å². The minimum atomic E-state index is -1.67. The van der Waals surface area contributed by atoms with E-state index in [1.807, 2.05) is 12.1 Å². The third kappa shape index (κ3) is 7.30. The summed E-state index contributed by atoms with van der Waals surface area (Å²) in [4.78, 5) is 0. The molecule has 0 amide bonds. The lowest BCUT2D eigenvalue weighted by atomic mass is 10.0. The molecule has 0 radical (unpaired) electrons. The Bertz CT molecular complexity index is 518. The van der Waals surface area contributed by atoms with Gasteiger partial charge < -0.3 is 14.6 Å². The first kappa shape index (κ1) is 21.1. The van der Waals surface area contributed by atoms with Crippen LogP contribution in [0, 0.1) is 0 Å². The molecule has 1 aromatic rings. The van der Waals surface area contributed by atoms with Gasteiger partial charge in [-0.05, 0) is 48.5 Å². The molecule has 4 heteroatoms. The second kappa shape index (κ2) is 9.52. The van der Waals surface area contributed by atoms with Gasteiger partial charge in [0.25, 0.3) is 0 Å². The Hall–Kier alpha value is -0.943. The Kier molecular flexibility index (Phi) is 8.37. The maximum atomic E-state index is 9.79. The van der Waals surface area contributed by atoms with Crippen LogP contribution in [0.15, 0.2) is 36.4 Å². The second-order valence-electron chi connectivity index (χ2n) is 7.94. The predicted molar refractivity (Wildman–Crippen MR) is 104 cm³/mol. The SMILES string of the molecule is CC(C)(C)[Si](C)(C)OC/C=C/Cc1cccc(C[C@@H](O)CCO)c1. The molecule has 0 aliphatic carbocycles. The Morgan fingerprint density at radius 2 is 1.83 bits per heavy atom. The minimum absolute atomic E-state index is 0.0256. The summed E-state index contributed by atoms with van der Waals surface area (Å²) in [6.07, 6.45) is 5.66. The van der Waals surface area contributed by atoms with Crippen molar-refractivity contribution in [2.75, 3.05) is 13.2 Å². The first-order valence-corrected chi connectivity index (χ1v) is 11.7. The van der Waals surface area contributed by atoms with E-state index in [2.05, 4.69) is 58.2 Å². The van der Waals surface area contributed by atoms with Crippen LogP contribution in [0.5, 0.6) is 0 Å². The van der Waals surface area contributed by atoms with Crippen LogP contribution in [0.25, 0.3) is 0 Å². The summed E-state index contributed by atoms with van der Waals surface area (Å²) in [5, 5.41) is 18.9. The summed E-state index contributed by atoms with van der Waals surface area (Å²) < 4.78 is 6.13. The van der Waals surface area contributed by atoms with Gasteiger partial charge in [-0.25, -0.2) is 0 Å². The van der Waals surface area contributed by atoms with Crippen LogP contribution in [0.2, 0.25) is 18.1 Å². The fourth-order valence-electron chi connectivity index (χ4n) is 2.17. The Morgan fingerprint density at radius 3 is 2.46 bits per heavy atom. The molecular weight excluding hydrogens is 316 g/mol. The molecule has 0 aliphatic rings. The molecule has 3 nitrogen and oxygen atoms in total. The maximum Gasteiger partial charge on any atom is 0.192 e. The average molecular weight is 351 g/mol. The zero-order valence-corrected chi connectivity index (χ0v) is 16.9. The molecule has 0 bridgehead atoms. The predicted octanol–water partition coefficient (Wildman–Crippen LogP) is 4.09. The Morgan fingerprint density at radius 1 is 1.17 bits per heavy atom. The minimum Gasteiger partial charge on any atom is -0.413 e. The molecule has 0 saturated carbocycles. The Balaban J connectivity index is 2.47. The van der Waals surface area contributed by atoms with Crippen molar-refractivity contribution in [1.82, 2.24) is 0 Å². The number of hydrogen-bond donors (Lipinski definition) is 2. The van der Waals surface area contributed by atoms with Crippen molar-refractivity contribution in [2.24, 2.45) is 0 Å². The van der Waals surface area contributed by atoms with Crippen molar-refractivity contribution in [3.05, 3.63) is 47.5 Å². The van der Waals surface area contributed by atoms with E-state index in [1.165, 1.54) is 5.56 Å². The fraction of sp³-hybridized carbons (Fsp3) is 0.600. The fourth-order valence-corrected chi connectivity index (χ4v) is 3.11. The van der Waals surface area contributed by atoms with Crippen LogP contribution < -0.4 is 0 Å². The molecule has 2 N–H and O–H groups in total. The highest BCUT2D eigenvalue weighted by Crippen LogP contribution is 2.36. The zero-order valence-electron chi connectivity index (χ0n) is 15.9. The first-order valence-electron chi connectivity index (χ1n) is 8.81. The van der Waals surface area contributed by atoms with Gasteiger partial charge in [0.05, 0.1) is 12.7 Å². The molecule has 136 valence electrons. The van der Waals surface area contributed by atoms with Crippen LogP contribution >= 0.6 is 0 Å². The van der Waals surface area contributed by atoms with Gasteiger partial charge in [-0.2, -0.15) is 0 Å². The monoisotopic (exact) mass is 350 g/mol. The van der Waals surface area contributed by atoms with Crippen LogP contribution in [-0.4, -0.2) is 37.8 Å². The molecule has 0 spiro atoms. The van der Waals surface area contributed by atoms with Gasteiger partial charge in [0.15, 0.2) is 8.32 Å². The van der Waals surface area contributed by atoms with Crippen molar-refractivity contribution in [3.63, 3.8) is 0 Å². The topological polar surface area (TPSA) is 49.7 Å². The van der Waals surface area contributed by atoms with Gasteiger partial charge in [-0.3, -0.25) is 0 Å². The maximum absolute atomic E-state index is 9.79. The summed E-state index contributed by atoms with van der Waals surface area (Å²) in [5.74, 6) is 0. The van der Waals surface area contributed by atoms with E-state index < -0.39 is 14.4 Å². The highest BCUT2D eigenvalue weighted by Gasteiger charge is 2.36. The highest BCUT2D eigenvalue weighted by molar-refractivity contribution is 6.74. The van der Waals surface area contributed by atoms with E-state index in [9.17, 15) is 5.11 Å². The van der Waals surface area contributed by atoms with E-state index in [1.54, 1.807) is 0 Å². The zero-order chi connectivity index (χ0) is 18.2. The summed E-state index contributed by atoms with van der Waals surface area (Å²) in [5.41, 5.74) is 2.34.